The molecular formula is C44H49NO11. The minimum absolute atomic E-state index is 0.0208. The molecule has 0 bridgehead atoms. The molecule has 0 N–H and O–H groups in total. The van der Waals surface area contributed by atoms with Crippen LogP contribution < -0.4 is 42.6 Å². The van der Waals surface area contributed by atoms with E-state index in [4.69, 9.17) is 42.6 Å². The maximum atomic E-state index is 12.7. The molecule has 4 aromatic rings. The molecule has 3 aliphatic rings. The van der Waals surface area contributed by atoms with Crippen LogP contribution in [-0.2, 0) is 35.3 Å². The van der Waals surface area contributed by atoms with Crippen LogP contribution in [0.2, 0.25) is 0 Å². The summed E-state index contributed by atoms with van der Waals surface area (Å²) in [6.07, 6.45) is 4.79. The van der Waals surface area contributed by atoms with Gasteiger partial charge in [0.1, 0.15) is 5.75 Å². The fourth-order valence-electron chi connectivity index (χ4n) is 8.79. The van der Waals surface area contributed by atoms with Crippen LogP contribution in [0.1, 0.15) is 72.0 Å². The number of carbonyl (C=O) groups is 2. The normalized spacial score (nSPS) is 16.7. The Morgan fingerprint density at radius 3 is 2.04 bits per heavy atom. The second-order valence-corrected chi connectivity index (χ2v) is 14.3. The molecule has 12 heteroatoms. The van der Waals surface area contributed by atoms with Gasteiger partial charge < -0.3 is 42.6 Å². The number of fused-ring (bicyclic) bond motifs is 3. The number of rotatable bonds is 12. The molecule has 2 aliphatic carbocycles. The Balaban J connectivity index is 1.36. The van der Waals surface area contributed by atoms with Gasteiger partial charge in [-0.25, -0.2) is 0 Å². The lowest BCUT2D eigenvalue weighted by atomic mass is 9.70. The van der Waals surface area contributed by atoms with E-state index in [1.54, 1.807) is 41.6 Å². The molecular weight excluding hydrogens is 718 g/mol. The van der Waals surface area contributed by atoms with E-state index in [1.807, 2.05) is 30.3 Å². The molecule has 0 saturated carbocycles. The molecule has 12 nitrogen and oxygen atoms in total. The maximum absolute atomic E-state index is 12.7. The van der Waals surface area contributed by atoms with Crippen LogP contribution in [-0.4, -0.2) is 73.1 Å². The predicted octanol–water partition coefficient (Wildman–Crippen LogP) is 7.80. The van der Waals surface area contributed by atoms with Crippen LogP contribution in [0, 0.1) is 0 Å². The highest BCUT2D eigenvalue weighted by atomic mass is 16.6. The van der Waals surface area contributed by atoms with Gasteiger partial charge in [0.05, 0.1) is 42.7 Å². The summed E-state index contributed by atoms with van der Waals surface area (Å²) < 4.78 is 53.8. The van der Waals surface area contributed by atoms with Crippen molar-refractivity contribution in [1.29, 1.82) is 0 Å². The average molecular weight is 768 g/mol. The van der Waals surface area contributed by atoms with Crippen LogP contribution in [0.3, 0.4) is 0 Å². The molecule has 0 aromatic heterocycles. The first kappa shape index (κ1) is 38.6. The summed E-state index contributed by atoms with van der Waals surface area (Å²) in [4.78, 5) is 27.0. The average Bonchev–Trinajstić information content (AvgIpc) is 3.19. The lowest BCUT2D eigenvalue weighted by molar-refractivity contribution is -0.132. The van der Waals surface area contributed by atoms with E-state index >= 15 is 0 Å². The van der Waals surface area contributed by atoms with Gasteiger partial charge in [0.15, 0.2) is 46.0 Å². The van der Waals surface area contributed by atoms with Crippen LogP contribution >= 0.6 is 0 Å². The number of methoxy groups -OCH3 is 6. The first-order valence-electron chi connectivity index (χ1n) is 18.8. The number of nitrogens with zero attached hydrogens (tertiary/aromatic N) is 1. The molecule has 0 radical (unpaired) electrons. The molecule has 7 rings (SSSR count). The van der Waals surface area contributed by atoms with Crippen molar-refractivity contribution in [2.75, 3.05) is 56.3 Å². The standard InChI is InChI=1S/C44H49NO11/c1-23(46)54-36-21-29-26(20-34(36)49-5)15-16-45(3)31(29)17-25-13-14-32(48-4)35(18-25)56-33-22-37(50-6)42(55-24(2)47)39-30(33)19-27-11-10-12-28-38(27)40(39)43(52-8)44(53-9)41(28)51-7/h13-14,18,20-22,27,31H,10-12,15-17,19H2,1-9H3/t27-,31-/m0/s1. The zero-order valence-electron chi connectivity index (χ0n) is 33.5. The summed E-state index contributed by atoms with van der Waals surface area (Å²) in [5.41, 5.74) is 7.65. The van der Waals surface area contributed by atoms with Gasteiger partial charge in [0.2, 0.25) is 5.75 Å². The van der Waals surface area contributed by atoms with Gasteiger partial charge >= 0.3 is 11.9 Å². The van der Waals surface area contributed by atoms with Crippen molar-refractivity contribution in [2.24, 2.45) is 0 Å². The largest absolute Gasteiger partial charge is 0.493 e. The summed E-state index contributed by atoms with van der Waals surface area (Å²) in [6.45, 7) is 3.60. The highest BCUT2D eigenvalue weighted by Gasteiger charge is 2.41. The molecule has 0 spiro atoms. The van der Waals surface area contributed by atoms with E-state index in [9.17, 15) is 9.59 Å². The molecule has 0 saturated heterocycles. The summed E-state index contributed by atoms with van der Waals surface area (Å²) in [7, 11) is 11.7. The van der Waals surface area contributed by atoms with Crippen molar-refractivity contribution >= 4 is 11.9 Å². The zero-order valence-corrected chi connectivity index (χ0v) is 33.5. The Labute approximate surface area is 327 Å². The topological polar surface area (TPSA) is 120 Å². The van der Waals surface area contributed by atoms with Crippen molar-refractivity contribution in [1.82, 2.24) is 4.90 Å². The second-order valence-electron chi connectivity index (χ2n) is 14.3. The Morgan fingerprint density at radius 2 is 1.38 bits per heavy atom. The summed E-state index contributed by atoms with van der Waals surface area (Å²) in [5.74, 6) is 3.94. The van der Waals surface area contributed by atoms with Gasteiger partial charge in [0.25, 0.3) is 0 Å². The lowest BCUT2D eigenvalue weighted by Gasteiger charge is -2.37. The summed E-state index contributed by atoms with van der Waals surface area (Å²) in [5, 5.41) is 0. The third kappa shape index (κ3) is 6.80. The molecule has 4 aromatic carbocycles. The number of esters is 2. The van der Waals surface area contributed by atoms with Gasteiger partial charge in [-0.2, -0.15) is 0 Å². The Morgan fingerprint density at radius 1 is 0.661 bits per heavy atom. The number of benzene rings is 4. The number of ether oxygens (including phenoxy) is 9. The van der Waals surface area contributed by atoms with Gasteiger partial charge in [0, 0.05) is 54.8 Å². The Hall–Kier alpha value is -5.62. The van der Waals surface area contributed by atoms with Crippen molar-refractivity contribution in [3.63, 3.8) is 0 Å². The van der Waals surface area contributed by atoms with E-state index in [2.05, 4.69) is 11.9 Å². The van der Waals surface area contributed by atoms with Crippen molar-refractivity contribution in [3.05, 3.63) is 69.8 Å². The third-order valence-corrected chi connectivity index (χ3v) is 11.2. The SMILES string of the molecule is COc1cc2c(cc1OC(C)=O)[C@H](Cc1ccc(OC)c(Oc3cc(OC)c(OC(C)=O)c4c3C[C@@H]3CCCc5c(OC)c(OC)c(OC)c-4c53)c1)N(C)CC2. The van der Waals surface area contributed by atoms with Crippen molar-refractivity contribution in [2.45, 2.75) is 64.3 Å². The summed E-state index contributed by atoms with van der Waals surface area (Å²) >= 11 is 0. The number of hydrogen-bond acceptors (Lipinski definition) is 12. The van der Waals surface area contributed by atoms with Crippen LogP contribution in [0.4, 0.5) is 0 Å². The highest BCUT2D eigenvalue weighted by Crippen LogP contribution is 2.62. The van der Waals surface area contributed by atoms with Gasteiger partial charge in [-0.05, 0) is 98.0 Å². The minimum atomic E-state index is -0.489. The molecule has 0 amide bonds. The van der Waals surface area contributed by atoms with Crippen LogP contribution in [0.25, 0.3) is 11.1 Å². The molecule has 56 heavy (non-hydrogen) atoms. The first-order valence-corrected chi connectivity index (χ1v) is 18.8. The molecule has 296 valence electrons. The van der Waals surface area contributed by atoms with Gasteiger partial charge in [-0.3, -0.25) is 14.5 Å². The van der Waals surface area contributed by atoms with Crippen LogP contribution in [0.5, 0.6) is 57.5 Å². The summed E-state index contributed by atoms with van der Waals surface area (Å²) in [6, 6.07) is 11.6. The highest BCUT2D eigenvalue weighted by molar-refractivity contribution is 5.93. The number of carbonyl (C=O) groups excluding carboxylic acids is 2. The molecule has 1 aliphatic heterocycles. The third-order valence-electron chi connectivity index (χ3n) is 11.2. The van der Waals surface area contributed by atoms with E-state index in [1.165, 1.54) is 21.0 Å². The van der Waals surface area contributed by atoms with E-state index < -0.39 is 11.9 Å². The van der Waals surface area contributed by atoms with Gasteiger partial charge in [-0.1, -0.05) is 6.07 Å². The Kier molecular flexibility index (Phi) is 10.9. The monoisotopic (exact) mass is 767 g/mol. The van der Waals surface area contributed by atoms with E-state index in [-0.39, 0.29) is 17.7 Å². The predicted molar refractivity (Wildman–Crippen MR) is 209 cm³/mol. The van der Waals surface area contributed by atoms with Crippen molar-refractivity contribution < 1.29 is 52.2 Å². The van der Waals surface area contributed by atoms with E-state index in [0.29, 0.717) is 70.2 Å². The smallest absolute Gasteiger partial charge is 0.308 e. The zero-order chi connectivity index (χ0) is 39.8. The first-order chi connectivity index (χ1) is 27.0. The molecule has 1 heterocycles. The maximum Gasteiger partial charge on any atom is 0.308 e. The lowest BCUT2D eigenvalue weighted by Crippen LogP contribution is -2.33. The Bertz CT molecular complexity index is 2200. The fraction of sp³-hybridized carbons (Fsp3) is 0.409. The number of hydrogen-bond donors (Lipinski definition) is 0. The number of likely N-dealkylation sites (N-methyl/N-ethyl adjacent to an activating group) is 1. The molecule has 0 fully saturated rings. The molecule has 2 atom stereocenters. The van der Waals surface area contributed by atoms with E-state index in [0.717, 1.165) is 71.2 Å². The fourth-order valence-corrected chi connectivity index (χ4v) is 8.79. The quantitative estimate of drug-likeness (QED) is 0.103. The van der Waals surface area contributed by atoms with Crippen molar-refractivity contribution in [3.8, 4) is 68.6 Å². The second kappa shape index (κ2) is 15.9. The molecule has 0 unspecified atom stereocenters. The van der Waals surface area contributed by atoms with Gasteiger partial charge in [-0.15, -0.1) is 0 Å². The minimum Gasteiger partial charge on any atom is -0.493 e. The van der Waals surface area contributed by atoms with Crippen LogP contribution in [0.15, 0.2) is 36.4 Å².